The first-order chi connectivity index (χ1) is 6.77. The van der Waals surface area contributed by atoms with Crippen LogP contribution in [0.3, 0.4) is 0 Å². The van der Waals surface area contributed by atoms with Gasteiger partial charge in [-0.2, -0.15) is 0 Å². The van der Waals surface area contributed by atoms with Crippen molar-refractivity contribution in [1.29, 1.82) is 0 Å². The van der Waals surface area contributed by atoms with Crippen molar-refractivity contribution in [2.75, 3.05) is 39.8 Å². The lowest BCUT2D eigenvalue weighted by Gasteiger charge is -2.42. The molecule has 0 bridgehead atoms. The topological polar surface area (TPSA) is 18.5 Å². The summed E-state index contributed by atoms with van der Waals surface area (Å²) in [5, 5.41) is 3.42. The lowest BCUT2D eigenvalue weighted by molar-refractivity contribution is 0.0795. The van der Waals surface area contributed by atoms with Gasteiger partial charge in [-0.25, -0.2) is 0 Å². The summed E-state index contributed by atoms with van der Waals surface area (Å²) in [6.45, 7) is 8.49. The minimum Gasteiger partial charge on any atom is -0.314 e. The lowest BCUT2D eigenvalue weighted by Crippen LogP contribution is -2.53. The average Bonchev–Trinajstić information content (AvgIpc) is 2.23. The van der Waals surface area contributed by atoms with E-state index in [9.17, 15) is 0 Å². The molecule has 0 aliphatic carbocycles. The van der Waals surface area contributed by atoms with Gasteiger partial charge in [-0.15, -0.1) is 0 Å². The van der Waals surface area contributed by atoms with Crippen molar-refractivity contribution in [2.24, 2.45) is 0 Å². The van der Waals surface area contributed by atoms with E-state index in [0.29, 0.717) is 0 Å². The van der Waals surface area contributed by atoms with E-state index < -0.39 is 0 Å². The molecule has 0 aromatic carbocycles. The molecule has 2 saturated heterocycles. The van der Waals surface area contributed by atoms with E-state index in [1.54, 1.807) is 0 Å². The molecule has 0 radical (unpaired) electrons. The fourth-order valence-corrected chi connectivity index (χ4v) is 2.64. The average molecular weight is 197 g/mol. The molecule has 82 valence electrons. The van der Waals surface area contributed by atoms with E-state index in [-0.39, 0.29) is 0 Å². The van der Waals surface area contributed by atoms with Crippen LogP contribution in [0.15, 0.2) is 0 Å². The molecule has 14 heavy (non-hydrogen) atoms. The van der Waals surface area contributed by atoms with E-state index in [1.807, 2.05) is 0 Å². The molecule has 2 aliphatic heterocycles. The van der Waals surface area contributed by atoms with E-state index in [4.69, 9.17) is 0 Å². The van der Waals surface area contributed by atoms with E-state index >= 15 is 0 Å². The van der Waals surface area contributed by atoms with Gasteiger partial charge >= 0.3 is 0 Å². The molecular formula is C11H23N3. The van der Waals surface area contributed by atoms with Crippen LogP contribution in [0.2, 0.25) is 0 Å². The molecule has 0 unspecified atom stereocenters. The summed E-state index contributed by atoms with van der Waals surface area (Å²) >= 11 is 0. The third-order valence-corrected chi connectivity index (χ3v) is 3.85. The Morgan fingerprint density at radius 1 is 1.14 bits per heavy atom. The van der Waals surface area contributed by atoms with E-state index in [2.05, 4.69) is 29.1 Å². The summed E-state index contributed by atoms with van der Waals surface area (Å²) in [6, 6.07) is 1.62. The maximum Gasteiger partial charge on any atom is 0.0123 e. The van der Waals surface area contributed by atoms with E-state index in [1.165, 1.54) is 45.6 Å². The molecule has 3 nitrogen and oxygen atoms in total. The van der Waals surface area contributed by atoms with Gasteiger partial charge in [0.1, 0.15) is 0 Å². The fraction of sp³-hybridized carbons (Fsp3) is 1.00. The molecule has 0 aromatic rings. The zero-order chi connectivity index (χ0) is 9.97. The second kappa shape index (κ2) is 4.60. The Bertz CT molecular complexity index is 177. The number of hydrogen-bond donors (Lipinski definition) is 1. The molecule has 2 aliphatic rings. The van der Waals surface area contributed by atoms with Crippen molar-refractivity contribution in [2.45, 2.75) is 31.8 Å². The molecule has 2 rings (SSSR count). The van der Waals surface area contributed by atoms with Crippen LogP contribution in [0.25, 0.3) is 0 Å². The van der Waals surface area contributed by atoms with Gasteiger partial charge < -0.3 is 10.2 Å². The third kappa shape index (κ3) is 2.27. The summed E-state index contributed by atoms with van der Waals surface area (Å²) in [5.41, 5.74) is 0. The fourth-order valence-electron chi connectivity index (χ4n) is 2.64. The van der Waals surface area contributed by atoms with Crippen LogP contribution in [0.1, 0.15) is 19.8 Å². The van der Waals surface area contributed by atoms with Crippen molar-refractivity contribution in [3.8, 4) is 0 Å². The Labute approximate surface area is 87.4 Å². The minimum atomic E-state index is 0.767. The van der Waals surface area contributed by atoms with Gasteiger partial charge in [0, 0.05) is 38.3 Å². The summed E-state index contributed by atoms with van der Waals surface area (Å²) in [4.78, 5) is 5.17. The quantitative estimate of drug-likeness (QED) is 0.655. The highest BCUT2D eigenvalue weighted by Gasteiger charge is 2.27. The molecule has 0 aromatic heterocycles. The first kappa shape index (κ1) is 10.4. The summed E-state index contributed by atoms with van der Waals surface area (Å²) in [5.74, 6) is 0. The first-order valence-corrected chi connectivity index (χ1v) is 5.92. The molecule has 2 atom stereocenters. The Morgan fingerprint density at radius 3 is 2.50 bits per heavy atom. The van der Waals surface area contributed by atoms with Gasteiger partial charge in [0.15, 0.2) is 0 Å². The lowest BCUT2D eigenvalue weighted by atomic mass is 9.97. The Balaban J connectivity index is 1.85. The molecule has 0 saturated carbocycles. The van der Waals surface area contributed by atoms with Crippen LogP contribution in [-0.2, 0) is 0 Å². The second-order valence-corrected chi connectivity index (χ2v) is 4.79. The highest BCUT2D eigenvalue weighted by Crippen LogP contribution is 2.20. The van der Waals surface area contributed by atoms with Crippen molar-refractivity contribution in [1.82, 2.24) is 15.1 Å². The molecule has 2 heterocycles. The van der Waals surface area contributed by atoms with Gasteiger partial charge in [-0.05, 0) is 33.4 Å². The predicted octanol–water partition coefficient (Wildman–Crippen LogP) is 0.374. The number of piperidine rings is 1. The number of rotatable bonds is 1. The van der Waals surface area contributed by atoms with Crippen LogP contribution in [0.4, 0.5) is 0 Å². The zero-order valence-electron chi connectivity index (χ0n) is 9.50. The number of hydrogen-bond acceptors (Lipinski definition) is 3. The molecule has 1 N–H and O–H groups in total. The molecule has 3 heteroatoms. The Hall–Kier alpha value is -0.120. The van der Waals surface area contributed by atoms with Gasteiger partial charge in [0.05, 0.1) is 0 Å². The number of nitrogens with one attached hydrogen (secondary N) is 1. The number of likely N-dealkylation sites (tertiary alicyclic amines) is 1. The number of piperazine rings is 1. The monoisotopic (exact) mass is 197 g/mol. The van der Waals surface area contributed by atoms with E-state index in [0.717, 1.165) is 12.1 Å². The highest BCUT2D eigenvalue weighted by atomic mass is 15.2. The third-order valence-electron chi connectivity index (χ3n) is 3.85. The van der Waals surface area contributed by atoms with Crippen LogP contribution >= 0.6 is 0 Å². The zero-order valence-corrected chi connectivity index (χ0v) is 9.50. The first-order valence-electron chi connectivity index (χ1n) is 5.92. The van der Waals surface area contributed by atoms with Crippen LogP contribution in [0, 0.1) is 0 Å². The van der Waals surface area contributed by atoms with Crippen molar-refractivity contribution >= 4 is 0 Å². The molecule has 0 amide bonds. The minimum absolute atomic E-state index is 0.767. The van der Waals surface area contributed by atoms with Crippen molar-refractivity contribution in [3.63, 3.8) is 0 Å². The van der Waals surface area contributed by atoms with Gasteiger partial charge in [-0.1, -0.05) is 0 Å². The maximum atomic E-state index is 3.42. The maximum absolute atomic E-state index is 3.42. The van der Waals surface area contributed by atoms with Crippen molar-refractivity contribution < 1.29 is 0 Å². The second-order valence-electron chi connectivity index (χ2n) is 4.79. The Kier molecular flexibility index (Phi) is 3.42. The largest absolute Gasteiger partial charge is 0.314 e. The normalized spacial score (nSPS) is 37.3. The SMILES string of the molecule is C[C@@H]1C[C@H](N2CCNCC2)CCN1C. The van der Waals surface area contributed by atoms with Gasteiger partial charge in [0.2, 0.25) is 0 Å². The van der Waals surface area contributed by atoms with Crippen LogP contribution < -0.4 is 5.32 Å². The highest BCUT2D eigenvalue weighted by molar-refractivity contribution is 4.85. The number of nitrogens with zero attached hydrogens (tertiary/aromatic N) is 2. The molecule has 2 fully saturated rings. The summed E-state index contributed by atoms with van der Waals surface area (Å²) in [6.07, 6.45) is 2.72. The smallest absolute Gasteiger partial charge is 0.0123 e. The predicted molar refractivity (Wildman–Crippen MR) is 59.6 cm³/mol. The molecular weight excluding hydrogens is 174 g/mol. The van der Waals surface area contributed by atoms with Crippen molar-refractivity contribution in [3.05, 3.63) is 0 Å². The van der Waals surface area contributed by atoms with Gasteiger partial charge in [0.25, 0.3) is 0 Å². The van der Waals surface area contributed by atoms with Gasteiger partial charge in [-0.3, -0.25) is 4.90 Å². The Morgan fingerprint density at radius 2 is 1.86 bits per heavy atom. The molecule has 0 spiro atoms. The summed E-state index contributed by atoms with van der Waals surface area (Å²) in [7, 11) is 2.25. The standard InChI is InChI=1S/C11H23N3/c1-10-9-11(3-6-13(10)2)14-7-4-12-5-8-14/h10-12H,3-9H2,1-2H3/t10-,11-/m1/s1. The van der Waals surface area contributed by atoms with Crippen LogP contribution in [0.5, 0.6) is 0 Å². The van der Waals surface area contributed by atoms with Crippen LogP contribution in [-0.4, -0.2) is 61.7 Å². The summed E-state index contributed by atoms with van der Waals surface area (Å²) < 4.78 is 0.